The molecule has 0 spiro atoms. The molecule has 2 aromatic carbocycles. The summed E-state index contributed by atoms with van der Waals surface area (Å²) in [4.78, 5) is 2.62. The summed E-state index contributed by atoms with van der Waals surface area (Å²) in [7, 11) is 0. The molecular formula is C14H11ClS. The van der Waals surface area contributed by atoms with Crippen LogP contribution in [0.5, 0.6) is 0 Å². The summed E-state index contributed by atoms with van der Waals surface area (Å²) in [5, 5.41) is 0.0901. The summed E-state index contributed by atoms with van der Waals surface area (Å²) >= 11 is 8.29. The lowest BCUT2D eigenvalue weighted by molar-refractivity contribution is 0.891. The number of fused-ring (bicyclic) bond motifs is 2. The Morgan fingerprint density at radius 1 is 0.938 bits per heavy atom. The van der Waals surface area contributed by atoms with Gasteiger partial charge < -0.3 is 0 Å². The van der Waals surface area contributed by atoms with Gasteiger partial charge in [-0.25, -0.2) is 0 Å². The van der Waals surface area contributed by atoms with Crippen LogP contribution in [0.25, 0.3) is 0 Å². The van der Waals surface area contributed by atoms with Crippen molar-refractivity contribution in [3.63, 3.8) is 0 Å². The highest BCUT2D eigenvalue weighted by Gasteiger charge is 2.19. The van der Waals surface area contributed by atoms with Crippen molar-refractivity contribution in [3.8, 4) is 0 Å². The minimum atomic E-state index is 0.0901. The lowest BCUT2D eigenvalue weighted by Crippen LogP contribution is -1.94. The molecule has 0 amide bonds. The summed E-state index contributed by atoms with van der Waals surface area (Å²) in [5.41, 5.74) is 2.61. The first kappa shape index (κ1) is 10.2. The van der Waals surface area contributed by atoms with Crippen LogP contribution in [0.2, 0.25) is 0 Å². The van der Waals surface area contributed by atoms with Gasteiger partial charge in [0, 0.05) is 9.79 Å². The summed E-state index contributed by atoms with van der Waals surface area (Å²) in [6, 6.07) is 16.9. The molecule has 0 radical (unpaired) electrons. The minimum Gasteiger partial charge on any atom is -0.117 e. The molecule has 0 aliphatic carbocycles. The van der Waals surface area contributed by atoms with E-state index >= 15 is 0 Å². The Kier molecular flexibility index (Phi) is 2.66. The highest BCUT2D eigenvalue weighted by molar-refractivity contribution is 7.99. The Labute approximate surface area is 105 Å². The van der Waals surface area contributed by atoms with Crippen molar-refractivity contribution in [1.82, 2.24) is 0 Å². The first-order valence-corrected chi connectivity index (χ1v) is 6.58. The van der Waals surface area contributed by atoms with Crippen LogP contribution >= 0.6 is 23.4 Å². The van der Waals surface area contributed by atoms with Gasteiger partial charge in [-0.3, -0.25) is 0 Å². The third kappa shape index (κ3) is 1.74. The van der Waals surface area contributed by atoms with E-state index in [-0.39, 0.29) is 5.38 Å². The van der Waals surface area contributed by atoms with Crippen LogP contribution < -0.4 is 0 Å². The maximum atomic E-state index is 6.47. The summed E-state index contributed by atoms with van der Waals surface area (Å²) in [6.07, 6.45) is 0.918. The topological polar surface area (TPSA) is 0 Å². The lowest BCUT2D eigenvalue weighted by atomic mass is 10.0. The number of hydrogen-bond donors (Lipinski definition) is 0. The van der Waals surface area contributed by atoms with Crippen LogP contribution in [0.1, 0.15) is 16.5 Å². The second-order valence-corrected chi connectivity index (χ2v) is 5.53. The highest BCUT2D eigenvalue weighted by Crippen LogP contribution is 2.42. The first-order valence-electron chi connectivity index (χ1n) is 5.33. The maximum Gasteiger partial charge on any atom is 0.0637 e. The normalized spacial score (nSPS) is 18.4. The summed E-state index contributed by atoms with van der Waals surface area (Å²) in [6.45, 7) is 0. The summed E-state index contributed by atoms with van der Waals surface area (Å²) in [5.74, 6) is 0. The van der Waals surface area contributed by atoms with Gasteiger partial charge in [0.15, 0.2) is 0 Å². The van der Waals surface area contributed by atoms with Crippen molar-refractivity contribution >= 4 is 23.4 Å². The van der Waals surface area contributed by atoms with E-state index in [0.29, 0.717) is 0 Å². The number of rotatable bonds is 0. The standard InChI is InChI=1S/C14H11ClS/c15-12-9-10-5-1-3-7-13(10)16-14-8-4-2-6-11(12)14/h1-8,12H,9H2/t12-/m0/s1. The minimum absolute atomic E-state index is 0.0901. The smallest absolute Gasteiger partial charge is 0.0637 e. The molecule has 0 aromatic heterocycles. The van der Waals surface area contributed by atoms with Gasteiger partial charge in [-0.15, -0.1) is 11.6 Å². The molecule has 0 saturated carbocycles. The monoisotopic (exact) mass is 246 g/mol. The molecule has 2 aromatic rings. The Bertz CT molecular complexity index is 522. The van der Waals surface area contributed by atoms with Crippen LogP contribution in [0.4, 0.5) is 0 Å². The van der Waals surface area contributed by atoms with Crippen molar-refractivity contribution in [2.45, 2.75) is 21.6 Å². The third-order valence-corrected chi connectivity index (χ3v) is 4.45. The number of halogens is 1. The quantitative estimate of drug-likeness (QED) is 0.609. The molecule has 0 fully saturated rings. The SMILES string of the molecule is Cl[C@H]1Cc2ccccc2Sc2ccccc21. The maximum absolute atomic E-state index is 6.47. The molecule has 1 heterocycles. The molecule has 0 N–H and O–H groups in total. The van der Waals surface area contributed by atoms with Crippen molar-refractivity contribution in [2.75, 3.05) is 0 Å². The fraction of sp³-hybridized carbons (Fsp3) is 0.143. The first-order chi connectivity index (χ1) is 7.84. The third-order valence-electron chi connectivity index (χ3n) is 2.85. The zero-order chi connectivity index (χ0) is 11.0. The van der Waals surface area contributed by atoms with Gasteiger partial charge in [-0.05, 0) is 29.7 Å². The molecule has 0 saturated heterocycles. The van der Waals surface area contributed by atoms with Gasteiger partial charge in [0.2, 0.25) is 0 Å². The van der Waals surface area contributed by atoms with Crippen molar-refractivity contribution in [3.05, 3.63) is 59.7 Å². The fourth-order valence-corrected chi connectivity index (χ4v) is 3.59. The molecule has 3 rings (SSSR count). The lowest BCUT2D eigenvalue weighted by Gasteiger charge is -2.08. The fourth-order valence-electron chi connectivity index (χ4n) is 2.03. The molecule has 0 unspecified atom stereocenters. The molecule has 16 heavy (non-hydrogen) atoms. The Morgan fingerprint density at radius 2 is 1.62 bits per heavy atom. The Balaban J connectivity index is 2.15. The molecule has 0 bridgehead atoms. The van der Waals surface area contributed by atoms with E-state index in [1.54, 1.807) is 0 Å². The van der Waals surface area contributed by atoms with Gasteiger partial charge in [0.05, 0.1) is 5.38 Å². The van der Waals surface area contributed by atoms with E-state index in [4.69, 9.17) is 11.6 Å². The summed E-state index contributed by atoms with van der Waals surface area (Å²) < 4.78 is 0. The van der Waals surface area contributed by atoms with Crippen molar-refractivity contribution in [1.29, 1.82) is 0 Å². The molecule has 1 aliphatic heterocycles. The van der Waals surface area contributed by atoms with Crippen molar-refractivity contribution in [2.24, 2.45) is 0 Å². The van der Waals surface area contributed by atoms with Gasteiger partial charge in [0.25, 0.3) is 0 Å². The molecule has 80 valence electrons. The second kappa shape index (κ2) is 4.15. The van der Waals surface area contributed by atoms with Gasteiger partial charge in [-0.2, -0.15) is 0 Å². The van der Waals surface area contributed by atoms with E-state index in [9.17, 15) is 0 Å². The van der Waals surface area contributed by atoms with Crippen molar-refractivity contribution < 1.29 is 0 Å². The predicted molar refractivity (Wildman–Crippen MR) is 69.3 cm³/mol. The zero-order valence-corrected chi connectivity index (χ0v) is 10.3. The molecule has 0 nitrogen and oxygen atoms in total. The molecule has 2 heteroatoms. The van der Waals surface area contributed by atoms with Crippen LogP contribution in [0.15, 0.2) is 58.3 Å². The van der Waals surface area contributed by atoms with Crippen LogP contribution in [0.3, 0.4) is 0 Å². The largest absolute Gasteiger partial charge is 0.117 e. The molecule has 1 aliphatic rings. The number of hydrogen-bond acceptors (Lipinski definition) is 1. The van der Waals surface area contributed by atoms with E-state index in [1.807, 2.05) is 11.8 Å². The zero-order valence-electron chi connectivity index (χ0n) is 8.69. The Hall–Kier alpha value is -0.920. The number of benzene rings is 2. The molecule has 1 atom stereocenters. The van der Waals surface area contributed by atoms with Gasteiger partial charge >= 0.3 is 0 Å². The van der Waals surface area contributed by atoms with Gasteiger partial charge in [0.1, 0.15) is 0 Å². The van der Waals surface area contributed by atoms with E-state index < -0.39 is 0 Å². The second-order valence-electron chi connectivity index (χ2n) is 3.92. The average Bonchev–Trinajstić information content (AvgIpc) is 2.45. The Morgan fingerprint density at radius 3 is 2.50 bits per heavy atom. The average molecular weight is 247 g/mol. The van der Waals surface area contributed by atoms with E-state index in [1.165, 1.54) is 20.9 Å². The van der Waals surface area contributed by atoms with Crippen LogP contribution in [-0.4, -0.2) is 0 Å². The van der Waals surface area contributed by atoms with E-state index in [0.717, 1.165) is 6.42 Å². The predicted octanol–water partition coefficient (Wildman–Crippen LogP) is 4.67. The van der Waals surface area contributed by atoms with Crippen LogP contribution in [-0.2, 0) is 6.42 Å². The number of alkyl halides is 1. The van der Waals surface area contributed by atoms with Crippen LogP contribution in [0, 0.1) is 0 Å². The van der Waals surface area contributed by atoms with E-state index in [2.05, 4.69) is 48.5 Å². The van der Waals surface area contributed by atoms with Gasteiger partial charge in [-0.1, -0.05) is 48.2 Å². The molecular weight excluding hydrogens is 236 g/mol. The highest BCUT2D eigenvalue weighted by atomic mass is 35.5.